The van der Waals surface area contributed by atoms with Crippen LogP contribution < -0.4 is 15.8 Å². The fourth-order valence-corrected chi connectivity index (χ4v) is 2.94. The fraction of sp³-hybridized carbons (Fsp3) is 0.714. The number of hydrogen-bond donors (Lipinski definition) is 1. The predicted octanol–water partition coefficient (Wildman–Crippen LogP) is 1.23. The van der Waals surface area contributed by atoms with Crippen molar-refractivity contribution in [2.45, 2.75) is 32.4 Å². The number of aromatic nitrogens is 2. The first-order valence-corrected chi connectivity index (χ1v) is 8.21. The highest BCUT2D eigenvalue weighted by Gasteiger charge is 2.18. The van der Waals surface area contributed by atoms with E-state index in [0.29, 0.717) is 11.0 Å². The zero-order valence-electron chi connectivity index (χ0n) is 12.6. The molecule has 0 spiro atoms. The van der Waals surface area contributed by atoms with E-state index in [1.807, 2.05) is 11.9 Å². The van der Waals surface area contributed by atoms with Gasteiger partial charge in [0, 0.05) is 33.2 Å². The zero-order chi connectivity index (χ0) is 15.2. The maximum atomic E-state index is 12.3. The molecular weight excluding hydrogens is 336 g/mol. The van der Waals surface area contributed by atoms with E-state index in [-0.39, 0.29) is 11.7 Å². The van der Waals surface area contributed by atoms with Crippen LogP contribution in [0.2, 0.25) is 0 Å². The van der Waals surface area contributed by atoms with Gasteiger partial charge in [-0.25, -0.2) is 4.68 Å². The van der Waals surface area contributed by atoms with Crippen molar-refractivity contribution >= 4 is 21.6 Å². The third-order valence-electron chi connectivity index (χ3n) is 3.58. The van der Waals surface area contributed by atoms with Gasteiger partial charge in [-0.05, 0) is 22.4 Å². The second-order valence-corrected chi connectivity index (χ2v) is 6.10. The molecule has 1 atom stereocenters. The molecule has 0 amide bonds. The monoisotopic (exact) mass is 358 g/mol. The van der Waals surface area contributed by atoms with Gasteiger partial charge in [0.2, 0.25) is 0 Å². The van der Waals surface area contributed by atoms with Crippen LogP contribution in [0.15, 0.2) is 15.5 Å². The topological polar surface area (TPSA) is 59.4 Å². The van der Waals surface area contributed by atoms with Gasteiger partial charge in [-0.1, -0.05) is 13.3 Å². The van der Waals surface area contributed by atoms with Crippen molar-refractivity contribution in [2.75, 3.05) is 38.2 Å². The number of anilines is 1. The van der Waals surface area contributed by atoms with Crippen LogP contribution in [0.4, 0.5) is 5.69 Å². The van der Waals surface area contributed by atoms with Crippen molar-refractivity contribution in [1.29, 1.82) is 0 Å². The Labute approximate surface area is 133 Å². The third kappa shape index (κ3) is 4.28. The second-order valence-electron chi connectivity index (χ2n) is 5.30. The summed E-state index contributed by atoms with van der Waals surface area (Å²) in [6.07, 6.45) is 3.88. The summed E-state index contributed by atoms with van der Waals surface area (Å²) in [6, 6.07) is 0. The molecule has 1 aliphatic heterocycles. The molecule has 21 heavy (non-hydrogen) atoms. The van der Waals surface area contributed by atoms with Gasteiger partial charge in [0.05, 0.1) is 24.6 Å². The minimum absolute atomic E-state index is 0.0736. The van der Waals surface area contributed by atoms with Crippen LogP contribution in [0, 0.1) is 0 Å². The first kappa shape index (κ1) is 16.5. The molecule has 2 heterocycles. The quantitative estimate of drug-likeness (QED) is 0.828. The number of morpholine rings is 1. The summed E-state index contributed by atoms with van der Waals surface area (Å²) in [5, 5.41) is 7.57. The Morgan fingerprint density at radius 1 is 1.62 bits per heavy atom. The Balaban J connectivity index is 2.08. The molecule has 0 radical (unpaired) electrons. The average Bonchev–Trinajstić information content (AvgIpc) is 2.49. The number of nitrogens with one attached hydrogen (secondary N) is 1. The average molecular weight is 359 g/mol. The number of hydrogen-bond acceptors (Lipinski definition) is 5. The van der Waals surface area contributed by atoms with Crippen LogP contribution in [0.3, 0.4) is 0 Å². The minimum atomic E-state index is -0.0736. The van der Waals surface area contributed by atoms with Gasteiger partial charge >= 0.3 is 0 Å². The van der Waals surface area contributed by atoms with Crippen molar-refractivity contribution in [3.63, 3.8) is 0 Å². The smallest absolute Gasteiger partial charge is 0.283 e. The fourth-order valence-electron chi connectivity index (χ4n) is 2.33. The summed E-state index contributed by atoms with van der Waals surface area (Å²) in [5.74, 6) is 0. The van der Waals surface area contributed by atoms with E-state index in [4.69, 9.17) is 4.74 Å². The molecule has 0 bridgehead atoms. The molecule has 6 nitrogen and oxygen atoms in total. The van der Waals surface area contributed by atoms with E-state index in [0.717, 1.165) is 44.8 Å². The maximum Gasteiger partial charge on any atom is 0.283 e. The van der Waals surface area contributed by atoms with Gasteiger partial charge < -0.3 is 15.0 Å². The molecule has 1 unspecified atom stereocenters. The molecule has 1 aromatic rings. The van der Waals surface area contributed by atoms with Gasteiger partial charge in [-0.15, -0.1) is 0 Å². The SMILES string of the molecule is CCCCn1ncc(N(C)CC2CNCCO2)c(Br)c1=O. The summed E-state index contributed by atoms with van der Waals surface area (Å²) in [6.45, 7) is 5.96. The lowest BCUT2D eigenvalue weighted by Crippen LogP contribution is -2.44. The predicted molar refractivity (Wildman–Crippen MR) is 87.0 cm³/mol. The summed E-state index contributed by atoms with van der Waals surface area (Å²) < 4.78 is 7.78. The van der Waals surface area contributed by atoms with Crippen molar-refractivity contribution < 1.29 is 4.74 Å². The summed E-state index contributed by atoms with van der Waals surface area (Å²) >= 11 is 3.42. The van der Waals surface area contributed by atoms with Crippen molar-refractivity contribution in [1.82, 2.24) is 15.1 Å². The van der Waals surface area contributed by atoms with E-state index in [9.17, 15) is 4.79 Å². The number of rotatable bonds is 6. The molecule has 7 heteroatoms. The van der Waals surface area contributed by atoms with Gasteiger partial charge in [0.25, 0.3) is 5.56 Å². The number of likely N-dealkylation sites (N-methyl/N-ethyl adjacent to an activating group) is 1. The standard InChI is InChI=1S/C14H23BrN4O2/c1-3-4-6-19-14(20)13(15)12(9-17-19)18(2)10-11-8-16-5-7-21-11/h9,11,16H,3-8,10H2,1-2H3. The highest BCUT2D eigenvalue weighted by molar-refractivity contribution is 9.10. The molecule has 1 saturated heterocycles. The summed E-state index contributed by atoms with van der Waals surface area (Å²) in [4.78, 5) is 14.3. The van der Waals surface area contributed by atoms with Crippen molar-refractivity contribution in [3.05, 3.63) is 21.0 Å². The lowest BCUT2D eigenvalue weighted by atomic mass is 10.2. The molecule has 2 rings (SSSR count). The molecule has 1 aliphatic rings. The first-order valence-electron chi connectivity index (χ1n) is 7.42. The normalized spacial score (nSPS) is 18.7. The van der Waals surface area contributed by atoms with Crippen LogP contribution in [0.25, 0.3) is 0 Å². The Bertz CT molecular complexity index is 514. The van der Waals surface area contributed by atoms with Crippen LogP contribution in [-0.4, -0.2) is 49.2 Å². The number of unbranched alkanes of at least 4 members (excludes halogenated alkanes) is 1. The lowest BCUT2D eigenvalue weighted by Gasteiger charge is -2.29. The molecule has 0 saturated carbocycles. The highest BCUT2D eigenvalue weighted by Crippen LogP contribution is 2.21. The van der Waals surface area contributed by atoms with Crippen LogP contribution in [0.5, 0.6) is 0 Å². The first-order chi connectivity index (χ1) is 10.1. The van der Waals surface area contributed by atoms with E-state index in [1.165, 1.54) is 4.68 Å². The number of halogens is 1. The summed E-state index contributed by atoms with van der Waals surface area (Å²) in [7, 11) is 1.95. The van der Waals surface area contributed by atoms with Gasteiger partial charge in [-0.3, -0.25) is 4.79 Å². The lowest BCUT2D eigenvalue weighted by molar-refractivity contribution is 0.0340. The molecular formula is C14H23BrN4O2. The molecule has 1 fully saturated rings. The molecule has 0 aliphatic carbocycles. The zero-order valence-corrected chi connectivity index (χ0v) is 14.2. The Kier molecular flexibility index (Phi) is 6.20. The van der Waals surface area contributed by atoms with Crippen molar-refractivity contribution in [2.24, 2.45) is 0 Å². The maximum absolute atomic E-state index is 12.3. The molecule has 0 aromatic carbocycles. The number of nitrogens with zero attached hydrogens (tertiary/aromatic N) is 3. The summed E-state index contributed by atoms with van der Waals surface area (Å²) in [5.41, 5.74) is 0.734. The van der Waals surface area contributed by atoms with Crippen LogP contribution in [0.1, 0.15) is 19.8 Å². The number of aryl methyl sites for hydroxylation is 1. The minimum Gasteiger partial charge on any atom is -0.374 e. The van der Waals surface area contributed by atoms with E-state index < -0.39 is 0 Å². The van der Waals surface area contributed by atoms with E-state index in [2.05, 4.69) is 33.3 Å². The van der Waals surface area contributed by atoms with E-state index >= 15 is 0 Å². The van der Waals surface area contributed by atoms with Gasteiger partial charge in [0.1, 0.15) is 4.47 Å². The largest absolute Gasteiger partial charge is 0.374 e. The molecule has 1 N–H and O–H groups in total. The second kappa shape index (κ2) is 7.91. The highest BCUT2D eigenvalue weighted by atomic mass is 79.9. The Morgan fingerprint density at radius 3 is 3.10 bits per heavy atom. The molecule has 1 aromatic heterocycles. The van der Waals surface area contributed by atoms with E-state index in [1.54, 1.807) is 6.20 Å². The Morgan fingerprint density at radius 2 is 2.43 bits per heavy atom. The van der Waals surface area contributed by atoms with Gasteiger partial charge in [-0.2, -0.15) is 5.10 Å². The number of ether oxygens (including phenoxy) is 1. The Hall–Kier alpha value is -0.920. The van der Waals surface area contributed by atoms with Crippen molar-refractivity contribution in [3.8, 4) is 0 Å². The van der Waals surface area contributed by atoms with Crippen LogP contribution in [-0.2, 0) is 11.3 Å². The molecule has 118 valence electrons. The third-order valence-corrected chi connectivity index (χ3v) is 4.33. The van der Waals surface area contributed by atoms with Gasteiger partial charge in [0.15, 0.2) is 0 Å². The van der Waals surface area contributed by atoms with Crippen LogP contribution >= 0.6 is 15.9 Å².